The molecule has 1 aromatic heterocycles. The maximum absolute atomic E-state index is 5.53. The van der Waals surface area contributed by atoms with Gasteiger partial charge in [-0.25, -0.2) is 0 Å². The molecule has 0 aromatic carbocycles. The van der Waals surface area contributed by atoms with Crippen molar-refractivity contribution in [1.29, 1.82) is 0 Å². The lowest BCUT2D eigenvalue weighted by Gasteiger charge is -2.37. The summed E-state index contributed by atoms with van der Waals surface area (Å²) in [6, 6.07) is 2.62. The number of aromatic nitrogens is 1. The van der Waals surface area contributed by atoms with Gasteiger partial charge in [0.05, 0.1) is 12.2 Å². The van der Waals surface area contributed by atoms with Crippen molar-refractivity contribution in [3.05, 3.63) is 17.5 Å². The first-order chi connectivity index (χ1) is 8.22. The second kappa shape index (κ2) is 5.65. The van der Waals surface area contributed by atoms with Gasteiger partial charge in [-0.2, -0.15) is 0 Å². The van der Waals surface area contributed by atoms with Crippen LogP contribution in [0.15, 0.2) is 10.6 Å². The molecule has 1 aliphatic rings. The molecule has 1 aromatic rings. The quantitative estimate of drug-likeness (QED) is 0.871. The molecular weight excluding hydrogens is 214 g/mol. The molecule has 0 spiro atoms. The first-order valence-corrected chi connectivity index (χ1v) is 6.61. The predicted octanol–water partition coefficient (Wildman–Crippen LogP) is 2.14. The number of hydrogen-bond acceptors (Lipinski definition) is 4. The van der Waals surface area contributed by atoms with Crippen LogP contribution in [0.1, 0.15) is 44.6 Å². The van der Waals surface area contributed by atoms with Gasteiger partial charge in [-0.15, -0.1) is 0 Å². The van der Waals surface area contributed by atoms with Crippen LogP contribution in [0.4, 0.5) is 0 Å². The zero-order chi connectivity index (χ0) is 12.3. The van der Waals surface area contributed by atoms with Crippen LogP contribution in [-0.2, 0) is 13.1 Å². The van der Waals surface area contributed by atoms with Crippen molar-refractivity contribution in [2.75, 3.05) is 6.54 Å². The Labute approximate surface area is 103 Å². The number of rotatable bonds is 4. The van der Waals surface area contributed by atoms with Crippen LogP contribution in [0.3, 0.4) is 0 Å². The number of nitrogens with two attached hydrogens (primary N) is 1. The Morgan fingerprint density at radius 3 is 3.00 bits per heavy atom. The smallest absolute Gasteiger partial charge is 0.151 e. The molecule has 4 nitrogen and oxygen atoms in total. The van der Waals surface area contributed by atoms with E-state index in [9.17, 15) is 0 Å². The van der Waals surface area contributed by atoms with Gasteiger partial charge in [-0.05, 0) is 25.7 Å². The number of nitrogens with zero attached hydrogens (tertiary/aromatic N) is 2. The minimum atomic E-state index is 0.455. The summed E-state index contributed by atoms with van der Waals surface area (Å²) in [5.41, 5.74) is 6.38. The van der Waals surface area contributed by atoms with E-state index in [-0.39, 0.29) is 0 Å². The average Bonchev–Trinajstić information content (AvgIpc) is 2.80. The summed E-state index contributed by atoms with van der Waals surface area (Å²) in [5.74, 6) is 1.78. The van der Waals surface area contributed by atoms with Crippen LogP contribution in [-0.4, -0.2) is 22.6 Å². The summed E-state index contributed by atoms with van der Waals surface area (Å²) in [7, 11) is 0. The van der Waals surface area contributed by atoms with E-state index >= 15 is 0 Å². The molecule has 1 aliphatic heterocycles. The highest BCUT2D eigenvalue weighted by atomic mass is 16.5. The maximum atomic E-state index is 5.53. The summed E-state index contributed by atoms with van der Waals surface area (Å²) in [6.45, 7) is 7.07. The van der Waals surface area contributed by atoms with Gasteiger partial charge in [0.25, 0.3) is 0 Å². The first-order valence-electron chi connectivity index (χ1n) is 6.61. The molecule has 0 amide bonds. The molecule has 2 N–H and O–H groups in total. The molecule has 0 bridgehead atoms. The normalized spacial score (nSPS) is 26.3. The van der Waals surface area contributed by atoms with Crippen LogP contribution in [0.5, 0.6) is 0 Å². The fraction of sp³-hybridized carbons (Fsp3) is 0.769. The topological polar surface area (TPSA) is 55.3 Å². The zero-order valence-corrected chi connectivity index (χ0v) is 10.9. The standard InChI is InChI=1S/C13H23N3O/c1-3-11-5-4-10(2)16(8-11)9-13-6-12(7-14)15-17-13/h6,10-11H,3-5,7-9,14H2,1-2H3. The molecule has 0 aliphatic carbocycles. The van der Waals surface area contributed by atoms with Gasteiger partial charge in [0.2, 0.25) is 0 Å². The van der Waals surface area contributed by atoms with Gasteiger partial charge in [0, 0.05) is 25.2 Å². The summed E-state index contributed by atoms with van der Waals surface area (Å²) in [5, 5.41) is 3.94. The molecule has 0 saturated carbocycles. The van der Waals surface area contributed by atoms with E-state index in [1.54, 1.807) is 0 Å². The maximum Gasteiger partial charge on any atom is 0.151 e. The summed E-state index contributed by atoms with van der Waals surface area (Å²) < 4.78 is 5.30. The monoisotopic (exact) mass is 237 g/mol. The van der Waals surface area contributed by atoms with Gasteiger partial charge in [0.1, 0.15) is 0 Å². The van der Waals surface area contributed by atoms with E-state index in [2.05, 4.69) is 23.9 Å². The van der Waals surface area contributed by atoms with E-state index in [4.69, 9.17) is 10.3 Å². The fourth-order valence-corrected chi connectivity index (χ4v) is 2.54. The Kier molecular flexibility index (Phi) is 4.18. The lowest BCUT2D eigenvalue weighted by atomic mass is 9.91. The van der Waals surface area contributed by atoms with Gasteiger partial charge >= 0.3 is 0 Å². The lowest BCUT2D eigenvalue weighted by molar-refractivity contribution is 0.0978. The minimum Gasteiger partial charge on any atom is -0.360 e. The molecule has 4 heteroatoms. The molecule has 2 heterocycles. The Bertz CT molecular complexity index is 350. The molecule has 0 radical (unpaired) electrons. The third kappa shape index (κ3) is 3.07. The second-order valence-electron chi connectivity index (χ2n) is 5.12. The number of likely N-dealkylation sites (tertiary alicyclic amines) is 1. The molecule has 17 heavy (non-hydrogen) atoms. The third-order valence-electron chi connectivity index (χ3n) is 3.86. The molecule has 96 valence electrons. The van der Waals surface area contributed by atoms with Gasteiger partial charge in [-0.3, -0.25) is 4.90 Å². The van der Waals surface area contributed by atoms with Crippen molar-refractivity contribution < 1.29 is 4.52 Å². The molecular formula is C13H23N3O. The fourth-order valence-electron chi connectivity index (χ4n) is 2.54. The summed E-state index contributed by atoms with van der Waals surface area (Å²) in [4.78, 5) is 2.50. The molecule has 2 atom stereocenters. The van der Waals surface area contributed by atoms with Crippen molar-refractivity contribution in [3.63, 3.8) is 0 Å². The van der Waals surface area contributed by atoms with Gasteiger partial charge in [0.15, 0.2) is 5.76 Å². The predicted molar refractivity (Wildman–Crippen MR) is 67.3 cm³/mol. The van der Waals surface area contributed by atoms with Crippen LogP contribution in [0, 0.1) is 5.92 Å². The second-order valence-corrected chi connectivity index (χ2v) is 5.12. The Morgan fingerprint density at radius 2 is 2.35 bits per heavy atom. The molecule has 2 rings (SSSR count). The minimum absolute atomic E-state index is 0.455. The molecule has 2 unspecified atom stereocenters. The molecule has 1 fully saturated rings. The third-order valence-corrected chi connectivity index (χ3v) is 3.86. The van der Waals surface area contributed by atoms with E-state index in [1.807, 2.05) is 6.07 Å². The SMILES string of the molecule is CCC1CCC(C)N(Cc2cc(CN)no2)C1. The van der Waals surface area contributed by atoms with E-state index < -0.39 is 0 Å². The van der Waals surface area contributed by atoms with Crippen LogP contribution < -0.4 is 5.73 Å². The summed E-state index contributed by atoms with van der Waals surface area (Å²) in [6.07, 6.45) is 3.92. The summed E-state index contributed by atoms with van der Waals surface area (Å²) >= 11 is 0. The van der Waals surface area contributed by atoms with Crippen molar-refractivity contribution >= 4 is 0 Å². The lowest BCUT2D eigenvalue weighted by Crippen LogP contribution is -2.40. The van der Waals surface area contributed by atoms with E-state index in [0.717, 1.165) is 23.9 Å². The molecule has 1 saturated heterocycles. The highest BCUT2D eigenvalue weighted by molar-refractivity contribution is 5.05. The van der Waals surface area contributed by atoms with Gasteiger partial charge in [-0.1, -0.05) is 18.5 Å². The van der Waals surface area contributed by atoms with Crippen molar-refractivity contribution in [2.24, 2.45) is 11.7 Å². The van der Waals surface area contributed by atoms with Crippen molar-refractivity contribution in [1.82, 2.24) is 10.1 Å². The zero-order valence-electron chi connectivity index (χ0n) is 10.9. The Hall–Kier alpha value is -0.870. The highest BCUT2D eigenvalue weighted by Crippen LogP contribution is 2.25. The van der Waals surface area contributed by atoms with Crippen molar-refractivity contribution in [3.8, 4) is 0 Å². The average molecular weight is 237 g/mol. The number of hydrogen-bond donors (Lipinski definition) is 1. The van der Waals surface area contributed by atoms with Gasteiger partial charge < -0.3 is 10.3 Å². The highest BCUT2D eigenvalue weighted by Gasteiger charge is 2.25. The van der Waals surface area contributed by atoms with Crippen molar-refractivity contribution in [2.45, 2.75) is 52.2 Å². The van der Waals surface area contributed by atoms with Crippen LogP contribution in [0.25, 0.3) is 0 Å². The van der Waals surface area contributed by atoms with E-state index in [0.29, 0.717) is 12.6 Å². The largest absolute Gasteiger partial charge is 0.360 e. The Balaban J connectivity index is 1.96. The van der Waals surface area contributed by atoms with Crippen LogP contribution in [0.2, 0.25) is 0 Å². The van der Waals surface area contributed by atoms with Crippen LogP contribution >= 0.6 is 0 Å². The van der Waals surface area contributed by atoms with E-state index in [1.165, 1.54) is 25.8 Å². The first kappa shape index (κ1) is 12.6. The number of piperidine rings is 1. The Morgan fingerprint density at radius 1 is 1.53 bits per heavy atom.